The molecule has 1 aromatic carbocycles. The van der Waals surface area contributed by atoms with Crippen LogP contribution < -0.4 is 5.73 Å². The number of likely N-dealkylation sites (tertiary alicyclic amines) is 1. The smallest absolute Gasteiger partial charge is 0.137 e. The summed E-state index contributed by atoms with van der Waals surface area (Å²) < 4.78 is 2.19. The molecule has 1 aliphatic rings. The Morgan fingerprint density at radius 3 is 2.28 bits per heavy atom. The van der Waals surface area contributed by atoms with Gasteiger partial charge in [0.15, 0.2) is 0 Å². The van der Waals surface area contributed by atoms with Crippen molar-refractivity contribution in [1.29, 1.82) is 0 Å². The fraction of sp³-hybridized carbons (Fsp3) is 0.480. The van der Waals surface area contributed by atoms with Crippen molar-refractivity contribution >= 4 is 11.3 Å². The molecule has 2 atom stereocenters. The minimum atomic E-state index is 0.148. The van der Waals surface area contributed by atoms with E-state index < -0.39 is 0 Å². The van der Waals surface area contributed by atoms with Gasteiger partial charge in [-0.15, -0.1) is 0 Å². The second kappa shape index (κ2) is 7.49. The van der Waals surface area contributed by atoms with Crippen LogP contribution in [0.5, 0.6) is 0 Å². The Labute approximate surface area is 174 Å². The standard InChI is InChI=1S/C25H34N4/c1-17-12-18(2)14-28(13-17)16-22-24(27-23-11-10-21(26)15-29(22)23)19-6-8-20(9-7-19)25(3,4)5/h6-11,15,17-18H,12-14,16,26H2,1-5H3. The maximum atomic E-state index is 6.12. The summed E-state index contributed by atoms with van der Waals surface area (Å²) in [4.78, 5) is 7.58. The number of nitrogen functional groups attached to an aromatic ring is 1. The van der Waals surface area contributed by atoms with Gasteiger partial charge in [-0.3, -0.25) is 4.90 Å². The van der Waals surface area contributed by atoms with E-state index in [9.17, 15) is 0 Å². The van der Waals surface area contributed by atoms with Gasteiger partial charge in [0.2, 0.25) is 0 Å². The van der Waals surface area contributed by atoms with E-state index in [1.807, 2.05) is 18.3 Å². The monoisotopic (exact) mass is 390 g/mol. The van der Waals surface area contributed by atoms with Crippen molar-refractivity contribution in [3.63, 3.8) is 0 Å². The highest BCUT2D eigenvalue weighted by atomic mass is 15.2. The number of pyridine rings is 1. The number of aromatic nitrogens is 2. The maximum Gasteiger partial charge on any atom is 0.137 e. The van der Waals surface area contributed by atoms with Crippen molar-refractivity contribution in [3.8, 4) is 11.3 Å². The van der Waals surface area contributed by atoms with E-state index >= 15 is 0 Å². The number of hydrogen-bond donors (Lipinski definition) is 1. The molecule has 4 heteroatoms. The summed E-state index contributed by atoms with van der Waals surface area (Å²) in [6.45, 7) is 14.7. The SMILES string of the molecule is CC1CC(C)CN(Cc2c(-c3ccc(C(C)(C)C)cc3)nc3ccc(N)cn23)C1. The largest absolute Gasteiger partial charge is 0.398 e. The zero-order valence-corrected chi connectivity index (χ0v) is 18.4. The lowest BCUT2D eigenvalue weighted by molar-refractivity contribution is 0.133. The summed E-state index contributed by atoms with van der Waals surface area (Å²) >= 11 is 0. The van der Waals surface area contributed by atoms with Crippen LogP contribution in [0.3, 0.4) is 0 Å². The Morgan fingerprint density at radius 2 is 1.66 bits per heavy atom. The van der Waals surface area contributed by atoms with Gasteiger partial charge < -0.3 is 10.1 Å². The predicted molar refractivity (Wildman–Crippen MR) is 122 cm³/mol. The van der Waals surface area contributed by atoms with Gasteiger partial charge in [0.1, 0.15) is 5.65 Å². The van der Waals surface area contributed by atoms with Crippen LogP contribution in [0.1, 0.15) is 52.3 Å². The maximum absolute atomic E-state index is 6.12. The Hall–Kier alpha value is -2.33. The summed E-state index contributed by atoms with van der Waals surface area (Å²) in [5.41, 5.74) is 12.8. The van der Waals surface area contributed by atoms with Crippen molar-refractivity contribution in [2.45, 2.75) is 53.0 Å². The summed E-state index contributed by atoms with van der Waals surface area (Å²) in [5.74, 6) is 1.47. The molecule has 29 heavy (non-hydrogen) atoms. The third-order valence-corrected chi connectivity index (χ3v) is 6.08. The molecule has 154 valence electrons. The van der Waals surface area contributed by atoms with Crippen LogP contribution in [0.2, 0.25) is 0 Å². The van der Waals surface area contributed by atoms with Gasteiger partial charge in [0.25, 0.3) is 0 Å². The average molecular weight is 391 g/mol. The molecule has 3 heterocycles. The molecule has 0 saturated carbocycles. The molecule has 0 radical (unpaired) electrons. The first-order chi connectivity index (χ1) is 13.7. The van der Waals surface area contributed by atoms with Crippen molar-refractivity contribution in [2.75, 3.05) is 18.8 Å². The van der Waals surface area contributed by atoms with Gasteiger partial charge in [-0.1, -0.05) is 58.9 Å². The Bertz CT molecular complexity index is 984. The number of nitrogens with zero attached hydrogens (tertiary/aromatic N) is 3. The number of anilines is 1. The van der Waals surface area contributed by atoms with Crippen molar-refractivity contribution in [3.05, 3.63) is 53.9 Å². The van der Waals surface area contributed by atoms with Crippen molar-refractivity contribution in [2.24, 2.45) is 11.8 Å². The zero-order chi connectivity index (χ0) is 20.8. The van der Waals surface area contributed by atoms with Crippen LogP contribution in [0.4, 0.5) is 5.69 Å². The highest BCUT2D eigenvalue weighted by Gasteiger charge is 2.25. The molecule has 2 N–H and O–H groups in total. The van der Waals surface area contributed by atoms with Crippen molar-refractivity contribution < 1.29 is 0 Å². The third-order valence-electron chi connectivity index (χ3n) is 6.08. The van der Waals surface area contributed by atoms with E-state index in [-0.39, 0.29) is 5.41 Å². The second-order valence-electron chi connectivity index (χ2n) is 10.1. The van der Waals surface area contributed by atoms with Crippen LogP contribution in [0.25, 0.3) is 16.9 Å². The highest BCUT2D eigenvalue weighted by molar-refractivity contribution is 5.68. The van der Waals surface area contributed by atoms with E-state index in [1.165, 1.54) is 23.2 Å². The summed E-state index contributed by atoms with van der Waals surface area (Å²) in [5, 5.41) is 0. The molecule has 4 rings (SSSR count). The molecule has 0 bridgehead atoms. The number of rotatable bonds is 3. The topological polar surface area (TPSA) is 46.6 Å². The first-order valence-corrected chi connectivity index (χ1v) is 10.8. The van der Waals surface area contributed by atoms with Crippen LogP contribution in [-0.2, 0) is 12.0 Å². The van der Waals surface area contributed by atoms with E-state index in [0.29, 0.717) is 0 Å². The van der Waals surface area contributed by atoms with E-state index in [0.717, 1.165) is 48.5 Å². The lowest BCUT2D eigenvalue weighted by Crippen LogP contribution is -2.38. The van der Waals surface area contributed by atoms with E-state index in [2.05, 4.69) is 68.2 Å². The summed E-state index contributed by atoms with van der Waals surface area (Å²) in [6.07, 6.45) is 3.33. The van der Waals surface area contributed by atoms with Gasteiger partial charge in [-0.25, -0.2) is 4.98 Å². The van der Waals surface area contributed by atoms with Gasteiger partial charge in [0.05, 0.1) is 11.4 Å². The normalized spacial score (nSPS) is 21.0. The fourth-order valence-electron chi connectivity index (χ4n) is 4.75. The Balaban J connectivity index is 1.76. The van der Waals surface area contributed by atoms with Gasteiger partial charge in [-0.2, -0.15) is 0 Å². The van der Waals surface area contributed by atoms with Gasteiger partial charge >= 0.3 is 0 Å². The number of nitrogens with two attached hydrogens (primary N) is 1. The minimum Gasteiger partial charge on any atom is -0.398 e. The van der Waals surface area contributed by atoms with E-state index in [4.69, 9.17) is 10.7 Å². The molecule has 0 amide bonds. The molecule has 4 nitrogen and oxygen atoms in total. The number of fused-ring (bicyclic) bond motifs is 1. The molecule has 3 aromatic rings. The van der Waals surface area contributed by atoms with Gasteiger partial charge in [0, 0.05) is 37.1 Å². The van der Waals surface area contributed by atoms with Crippen LogP contribution in [-0.4, -0.2) is 27.4 Å². The summed E-state index contributed by atoms with van der Waals surface area (Å²) in [6, 6.07) is 12.9. The third kappa shape index (κ3) is 4.18. The molecule has 1 saturated heterocycles. The molecule has 2 aromatic heterocycles. The van der Waals surface area contributed by atoms with Crippen LogP contribution in [0, 0.1) is 11.8 Å². The second-order valence-corrected chi connectivity index (χ2v) is 10.1. The quantitative estimate of drug-likeness (QED) is 0.655. The first kappa shape index (κ1) is 20.0. The zero-order valence-electron chi connectivity index (χ0n) is 18.4. The number of piperidine rings is 1. The Morgan fingerprint density at radius 1 is 1.00 bits per heavy atom. The molecule has 1 aliphatic heterocycles. The number of imidazole rings is 1. The number of hydrogen-bond acceptors (Lipinski definition) is 3. The molecular formula is C25H34N4. The lowest BCUT2D eigenvalue weighted by Gasteiger charge is -2.35. The molecule has 0 spiro atoms. The first-order valence-electron chi connectivity index (χ1n) is 10.8. The molecular weight excluding hydrogens is 356 g/mol. The lowest BCUT2D eigenvalue weighted by atomic mass is 9.86. The molecule has 1 fully saturated rings. The van der Waals surface area contributed by atoms with Gasteiger partial charge in [-0.05, 0) is 41.4 Å². The molecule has 0 aliphatic carbocycles. The van der Waals surface area contributed by atoms with E-state index in [1.54, 1.807) is 0 Å². The summed E-state index contributed by atoms with van der Waals surface area (Å²) in [7, 11) is 0. The fourth-order valence-corrected chi connectivity index (χ4v) is 4.75. The predicted octanol–water partition coefficient (Wildman–Crippen LogP) is 5.36. The molecule has 2 unspecified atom stereocenters. The minimum absolute atomic E-state index is 0.148. The highest BCUT2D eigenvalue weighted by Crippen LogP contribution is 2.31. The van der Waals surface area contributed by atoms with Crippen LogP contribution >= 0.6 is 0 Å². The number of benzene rings is 1. The van der Waals surface area contributed by atoms with Crippen LogP contribution in [0.15, 0.2) is 42.6 Å². The van der Waals surface area contributed by atoms with Crippen molar-refractivity contribution in [1.82, 2.24) is 14.3 Å². The average Bonchev–Trinajstić information content (AvgIpc) is 2.98. The Kier molecular flexibility index (Phi) is 5.16.